The maximum Gasteiger partial charge on any atom is 0.316 e. The van der Waals surface area contributed by atoms with E-state index in [2.05, 4.69) is 41.7 Å². The Morgan fingerprint density at radius 1 is 0.837 bits per heavy atom. The van der Waals surface area contributed by atoms with Gasteiger partial charge in [-0.05, 0) is 69.1 Å². The lowest BCUT2D eigenvalue weighted by Gasteiger charge is -2.42. The first-order valence-electron chi connectivity index (χ1n) is 19.2. The van der Waals surface area contributed by atoms with Crippen molar-refractivity contribution < 1.29 is 28.8 Å². The first-order chi connectivity index (χ1) is 23.5. The van der Waals surface area contributed by atoms with Gasteiger partial charge < -0.3 is 26.2 Å². The van der Waals surface area contributed by atoms with Crippen molar-refractivity contribution in [3.63, 3.8) is 0 Å². The molecule has 11 nitrogen and oxygen atoms in total. The fourth-order valence-corrected chi connectivity index (χ4v) is 7.71. The van der Waals surface area contributed by atoms with Gasteiger partial charge >= 0.3 is 6.03 Å². The lowest BCUT2D eigenvalue weighted by molar-refractivity contribution is -0.144. The Balaban J connectivity index is 0.00000209. The van der Waals surface area contributed by atoms with Crippen molar-refractivity contribution in [1.82, 2.24) is 26.2 Å². The van der Waals surface area contributed by atoms with E-state index in [9.17, 15) is 28.8 Å². The average Bonchev–Trinajstić information content (AvgIpc) is 3.83. The SMILES string of the molecule is C=CCNC(=O)C(=O)C(CCC)NC(=O)C1CCCN1C(=O)C(NC(=O)NC(C(=O)C1CC1)C1CCCCC1)C1(C)CCCCC1.CCC. The number of ketones is 2. The molecule has 3 aliphatic carbocycles. The summed E-state index contributed by atoms with van der Waals surface area (Å²) in [4.78, 5) is 81.8. The van der Waals surface area contributed by atoms with Crippen LogP contribution >= 0.6 is 0 Å². The predicted octanol–water partition coefficient (Wildman–Crippen LogP) is 5.12. The molecule has 4 N–H and O–H groups in total. The fraction of sp³-hybridized carbons (Fsp3) is 0.789. The summed E-state index contributed by atoms with van der Waals surface area (Å²) in [7, 11) is 0. The Bertz CT molecular complexity index is 1160. The highest BCUT2D eigenvalue weighted by molar-refractivity contribution is 6.38. The van der Waals surface area contributed by atoms with Gasteiger partial charge in [-0.2, -0.15) is 0 Å². The minimum atomic E-state index is -1.00. The number of carbonyl (C=O) groups is 6. The van der Waals surface area contributed by atoms with Crippen LogP contribution < -0.4 is 21.3 Å². The number of hydrogen-bond donors (Lipinski definition) is 4. The van der Waals surface area contributed by atoms with Crippen molar-refractivity contribution in [2.45, 2.75) is 161 Å². The van der Waals surface area contributed by atoms with Gasteiger partial charge in [0, 0.05) is 19.0 Å². The van der Waals surface area contributed by atoms with Crippen LogP contribution in [0.15, 0.2) is 12.7 Å². The molecule has 5 amide bonds. The molecular weight excluding hydrogens is 622 g/mol. The maximum atomic E-state index is 14.4. The number of nitrogens with one attached hydrogen (secondary N) is 4. The van der Waals surface area contributed by atoms with Crippen LogP contribution in [0.25, 0.3) is 0 Å². The fourth-order valence-electron chi connectivity index (χ4n) is 7.71. The van der Waals surface area contributed by atoms with Gasteiger partial charge in [-0.1, -0.05) is 85.1 Å². The standard InChI is InChI=1S/C35H55N5O6.C3H8/c1-4-13-25(29(42)32(44)36-21-5-2)37-31(43)26-16-12-22-40(26)33(45)30(35(3)19-10-7-11-20-35)39-34(46)38-27(28(41)24-17-18-24)23-14-8-6-9-15-23;1-3-2/h5,23-27,30H,2,4,6-22H2,1,3H3,(H,36,44)(H,37,43)(H2,38,39,46);3H2,1-2H3. The van der Waals surface area contributed by atoms with E-state index in [0.717, 1.165) is 77.0 Å². The number of amides is 5. The molecule has 4 atom stereocenters. The van der Waals surface area contributed by atoms with Gasteiger partial charge in [-0.3, -0.25) is 24.0 Å². The molecule has 4 unspecified atom stereocenters. The second-order valence-corrected chi connectivity index (χ2v) is 14.9. The quantitative estimate of drug-likeness (QED) is 0.139. The molecule has 0 bridgehead atoms. The van der Waals surface area contributed by atoms with Crippen LogP contribution in [0.1, 0.15) is 137 Å². The predicted molar refractivity (Wildman–Crippen MR) is 190 cm³/mol. The highest BCUT2D eigenvalue weighted by atomic mass is 16.2. The van der Waals surface area contributed by atoms with E-state index >= 15 is 0 Å². The zero-order valence-electron chi connectivity index (χ0n) is 30.6. The van der Waals surface area contributed by atoms with Gasteiger partial charge in [0.1, 0.15) is 12.1 Å². The van der Waals surface area contributed by atoms with Crippen LogP contribution in [-0.4, -0.2) is 77.5 Å². The molecule has 0 radical (unpaired) electrons. The number of urea groups is 1. The zero-order valence-corrected chi connectivity index (χ0v) is 30.6. The molecule has 1 heterocycles. The van der Waals surface area contributed by atoms with Crippen LogP contribution in [0.2, 0.25) is 0 Å². The second kappa shape index (κ2) is 19.8. The van der Waals surface area contributed by atoms with Gasteiger partial charge in [0.05, 0.1) is 12.1 Å². The Kier molecular flexibility index (Phi) is 16.3. The third-order valence-electron chi connectivity index (χ3n) is 10.6. The highest BCUT2D eigenvalue weighted by Crippen LogP contribution is 2.40. The van der Waals surface area contributed by atoms with Crippen molar-refractivity contribution in [2.75, 3.05) is 13.1 Å². The molecule has 0 aromatic heterocycles. The first-order valence-corrected chi connectivity index (χ1v) is 19.2. The van der Waals surface area contributed by atoms with E-state index in [1.54, 1.807) is 4.90 Å². The molecule has 0 aromatic carbocycles. The monoisotopic (exact) mass is 685 g/mol. The number of nitrogens with zero attached hydrogens (tertiary/aromatic N) is 1. The molecular formula is C38H63N5O6. The lowest BCUT2D eigenvalue weighted by atomic mass is 9.70. The van der Waals surface area contributed by atoms with Crippen molar-refractivity contribution in [3.8, 4) is 0 Å². The highest BCUT2D eigenvalue weighted by Gasteiger charge is 2.47. The normalized spacial score (nSPS) is 22.3. The number of rotatable bonds is 15. The molecule has 1 aliphatic heterocycles. The topological polar surface area (TPSA) is 154 Å². The van der Waals surface area contributed by atoms with Crippen molar-refractivity contribution >= 4 is 35.3 Å². The average molecular weight is 686 g/mol. The van der Waals surface area contributed by atoms with Gasteiger partial charge in [-0.25, -0.2) is 4.79 Å². The number of carbonyl (C=O) groups excluding carboxylic acids is 6. The van der Waals surface area contributed by atoms with Gasteiger partial charge in [0.2, 0.25) is 17.6 Å². The zero-order chi connectivity index (χ0) is 36.0. The summed E-state index contributed by atoms with van der Waals surface area (Å²) in [6.45, 7) is 12.2. The van der Waals surface area contributed by atoms with Crippen LogP contribution in [0.4, 0.5) is 4.79 Å². The van der Waals surface area contributed by atoms with Crippen molar-refractivity contribution in [1.29, 1.82) is 0 Å². The largest absolute Gasteiger partial charge is 0.346 e. The minimum Gasteiger partial charge on any atom is -0.346 e. The van der Waals surface area contributed by atoms with Crippen molar-refractivity contribution in [3.05, 3.63) is 12.7 Å². The van der Waals surface area contributed by atoms with E-state index in [4.69, 9.17) is 0 Å². The molecule has 276 valence electrons. The van der Waals surface area contributed by atoms with E-state index in [1.807, 2.05) is 13.8 Å². The molecule has 11 heteroatoms. The molecule has 1 saturated heterocycles. The summed E-state index contributed by atoms with van der Waals surface area (Å²) >= 11 is 0. The van der Waals surface area contributed by atoms with Crippen LogP contribution in [-0.2, 0) is 24.0 Å². The van der Waals surface area contributed by atoms with E-state index in [1.165, 1.54) is 12.5 Å². The maximum absolute atomic E-state index is 14.4. The molecule has 4 fully saturated rings. The van der Waals surface area contributed by atoms with Crippen molar-refractivity contribution in [2.24, 2.45) is 17.3 Å². The summed E-state index contributed by atoms with van der Waals surface area (Å²) in [5, 5.41) is 11.3. The van der Waals surface area contributed by atoms with Crippen LogP contribution in [0.5, 0.6) is 0 Å². The minimum absolute atomic E-state index is 0.0147. The summed E-state index contributed by atoms with van der Waals surface area (Å²) in [5.41, 5.74) is -0.513. The summed E-state index contributed by atoms with van der Waals surface area (Å²) in [6, 6.07) is -3.75. The Morgan fingerprint density at radius 2 is 1.47 bits per heavy atom. The van der Waals surface area contributed by atoms with Crippen LogP contribution in [0.3, 0.4) is 0 Å². The molecule has 3 saturated carbocycles. The molecule has 0 spiro atoms. The first kappa shape index (κ1) is 40.2. The smallest absolute Gasteiger partial charge is 0.316 e. The molecule has 4 rings (SSSR count). The lowest BCUT2D eigenvalue weighted by Crippen LogP contribution is -2.62. The Hall–Kier alpha value is -3.24. The summed E-state index contributed by atoms with van der Waals surface area (Å²) < 4.78 is 0. The van der Waals surface area contributed by atoms with Gasteiger partial charge in [0.25, 0.3) is 5.91 Å². The third-order valence-corrected chi connectivity index (χ3v) is 10.6. The van der Waals surface area contributed by atoms with E-state index in [0.29, 0.717) is 25.8 Å². The molecule has 4 aliphatic rings. The third kappa shape index (κ3) is 11.4. The molecule has 0 aromatic rings. The van der Waals surface area contributed by atoms with E-state index in [-0.39, 0.29) is 36.5 Å². The van der Waals surface area contributed by atoms with Gasteiger partial charge in [-0.15, -0.1) is 6.58 Å². The van der Waals surface area contributed by atoms with E-state index < -0.39 is 53.2 Å². The number of hydrogen-bond acceptors (Lipinski definition) is 6. The molecule has 49 heavy (non-hydrogen) atoms. The second-order valence-electron chi connectivity index (χ2n) is 14.9. The Morgan fingerprint density at radius 3 is 2.06 bits per heavy atom. The van der Waals surface area contributed by atoms with Crippen LogP contribution in [0, 0.1) is 17.3 Å². The summed E-state index contributed by atoms with van der Waals surface area (Å²) in [6.07, 6.45) is 15.8. The number of Topliss-reactive ketones (excluding diaryl/α,β-unsaturated/α-hetero) is 2. The van der Waals surface area contributed by atoms with Gasteiger partial charge in [0.15, 0.2) is 5.78 Å². The summed E-state index contributed by atoms with van der Waals surface area (Å²) in [5.74, 6) is -2.07. The Labute approximate surface area is 293 Å². The number of likely N-dealkylation sites (tertiary alicyclic amines) is 1.